The lowest BCUT2D eigenvalue weighted by atomic mass is 9.81. The zero-order chi connectivity index (χ0) is 50.5. The molecule has 0 saturated heterocycles. The van der Waals surface area contributed by atoms with Gasteiger partial charge in [-0.1, -0.05) is 224 Å². The molecular weight excluding hydrogens is 905 g/mol. The predicted octanol–water partition coefficient (Wildman–Crippen LogP) is 19.2. The van der Waals surface area contributed by atoms with E-state index in [9.17, 15) is 0 Å². The van der Waals surface area contributed by atoms with E-state index in [1.807, 2.05) is 0 Å². The highest BCUT2D eigenvalue weighted by atomic mass is 15.0. The average Bonchev–Trinajstić information content (AvgIpc) is 4.19. The Morgan fingerprint density at radius 2 is 0.560 bits per heavy atom. The van der Waals surface area contributed by atoms with E-state index in [1.165, 1.54) is 145 Å². The summed E-state index contributed by atoms with van der Waals surface area (Å²) in [6, 6.07) is 87.0. The number of aromatic nitrogens is 2. The third-order valence-electron chi connectivity index (χ3n) is 17.7. The number of hydrogen-bond acceptors (Lipinski definition) is 0. The van der Waals surface area contributed by atoms with Gasteiger partial charge >= 0.3 is 0 Å². The monoisotopic (exact) mass is 960 g/mol. The Morgan fingerprint density at radius 3 is 0.947 bits per heavy atom. The molecule has 0 radical (unpaired) electrons. The summed E-state index contributed by atoms with van der Waals surface area (Å²) in [6.07, 6.45) is 0. The van der Waals surface area contributed by atoms with Crippen LogP contribution in [0, 0.1) is 0 Å². The molecule has 0 atom stereocenters. The van der Waals surface area contributed by atoms with Gasteiger partial charge in [0.15, 0.2) is 0 Å². The van der Waals surface area contributed by atoms with Crippen molar-refractivity contribution in [1.29, 1.82) is 0 Å². The lowest BCUT2D eigenvalue weighted by molar-refractivity contribution is 0.659. The van der Waals surface area contributed by atoms with Gasteiger partial charge in [-0.2, -0.15) is 0 Å². The topological polar surface area (TPSA) is 9.86 Å². The quantitative estimate of drug-likeness (QED) is 0.157. The first-order valence-electron chi connectivity index (χ1n) is 26.7. The van der Waals surface area contributed by atoms with Crippen molar-refractivity contribution in [2.24, 2.45) is 0 Å². The maximum Gasteiger partial charge on any atom is 0.0619 e. The predicted molar refractivity (Wildman–Crippen MR) is 315 cm³/mol. The molecule has 12 aromatic rings. The fourth-order valence-electron chi connectivity index (χ4n) is 14.0. The second kappa shape index (κ2) is 15.7. The SMILES string of the molecule is CC1(C)c2ccccc2-c2ccc(-n3c(-c4ccccc4)c(-c4ccccc4)c4cc5c(cc43)C(C)(C)c3cc4c(cc3-5)c(-c3ccccc3)c(-c3ccccc3)n4-c3ccc4c(c3)C(C)(C)c3ccccc3-4)cc21. The van der Waals surface area contributed by atoms with Crippen molar-refractivity contribution in [1.82, 2.24) is 9.13 Å². The highest BCUT2D eigenvalue weighted by Gasteiger charge is 2.41. The summed E-state index contributed by atoms with van der Waals surface area (Å²) in [7, 11) is 0. The van der Waals surface area contributed by atoms with Crippen LogP contribution in [0.1, 0.15) is 74.9 Å². The van der Waals surface area contributed by atoms with Crippen LogP contribution in [0.2, 0.25) is 0 Å². The summed E-state index contributed by atoms with van der Waals surface area (Å²) in [4.78, 5) is 0. The van der Waals surface area contributed by atoms with Gasteiger partial charge in [-0.3, -0.25) is 0 Å². The van der Waals surface area contributed by atoms with Crippen molar-refractivity contribution in [3.05, 3.63) is 264 Å². The first-order chi connectivity index (χ1) is 36.5. The molecule has 2 aromatic heterocycles. The van der Waals surface area contributed by atoms with Crippen LogP contribution < -0.4 is 0 Å². The Balaban J connectivity index is 1.03. The number of nitrogens with zero attached hydrogens (tertiary/aromatic N) is 2. The van der Waals surface area contributed by atoms with Crippen LogP contribution in [0.4, 0.5) is 0 Å². The van der Waals surface area contributed by atoms with E-state index in [1.54, 1.807) is 0 Å². The zero-order valence-electron chi connectivity index (χ0n) is 43.3. The third kappa shape index (κ3) is 6.08. The van der Waals surface area contributed by atoms with Crippen LogP contribution in [0.3, 0.4) is 0 Å². The minimum Gasteiger partial charge on any atom is -0.309 e. The average molecular weight is 961 g/mol. The molecule has 0 N–H and O–H groups in total. The van der Waals surface area contributed by atoms with Gasteiger partial charge in [-0.25, -0.2) is 0 Å². The van der Waals surface area contributed by atoms with Crippen molar-refractivity contribution >= 4 is 21.8 Å². The van der Waals surface area contributed by atoms with Gasteiger partial charge in [0.25, 0.3) is 0 Å². The summed E-state index contributed by atoms with van der Waals surface area (Å²) in [5.74, 6) is 0. The van der Waals surface area contributed by atoms with Gasteiger partial charge in [0, 0.05) is 49.5 Å². The fourth-order valence-corrected chi connectivity index (χ4v) is 14.0. The molecule has 0 saturated carbocycles. The van der Waals surface area contributed by atoms with E-state index in [0.717, 1.165) is 0 Å². The van der Waals surface area contributed by atoms with Crippen LogP contribution in [0.25, 0.3) is 111 Å². The fraction of sp³-hybridized carbons (Fsp3) is 0.123. The molecule has 10 aromatic carbocycles. The van der Waals surface area contributed by atoms with Crippen molar-refractivity contribution < 1.29 is 0 Å². The van der Waals surface area contributed by atoms with Crippen LogP contribution >= 0.6 is 0 Å². The van der Waals surface area contributed by atoms with Gasteiger partial charge in [0.2, 0.25) is 0 Å². The maximum absolute atomic E-state index is 2.59. The largest absolute Gasteiger partial charge is 0.309 e. The molecule has 0 fully saturated rings. The Hall–Kier alpha value is -8.72. The normalized spacial score (nSPS) is 14.9. The first-order valence-corrected chi connectivity index (χ1v) is 26.7. The van der Waals surface area contributed by atoms with Gasteiger partial charge < -0.3 is 9.13 Å². The molecular formula is C73H56N2. The minimum absolute atomic E-state index is 0.145. The Kier molecular flexibility index (Phi) is 9.15. The highest BCUT2D eigenvalue weighted by Crippen LogP contribution is 2.57. The number of fused-ring (bicyclic) bond motifs is 11. The number of rotatable bonds is 6. The molecule has 3 aliphatic rings. The van der Waals surface area contributed by atoms with Crippen molar-refractivity contribution in [3.8, 4) is 89.5 Å². The Bertz CT molecular complexity index is 4050. The molecule has 0 aliphatic heterocycles. The van der Waals surface area contributed by atoms with Crippen molar-refractivity contribution in [2.75, 3.05) is 0 Å². The summed E-state index contributed by atoms with van der Waals surface area (Å²) >= 11 is 0. The smallest absolute Gasteiger partial charge is 0.0619 e. The van der Waals surface area contributed by atoms with Crippen molar-refractivity contribution in [2.45, 2.75) is 57.8 Å². The first kappa shape index (κ1) is 43.8. The van der Waals surface area contributed by atoms with E-state index < -0.39 is 0 Å². The summed E-state index contributed by atoms with van der Waals surface area (Å²) in [5, 5.41) is 2.50. The zero-order valence-corrected chi connectivity index (χ0v) is 43.3. The molecule has 0 spiro atoms. The van der Waals surface area contributed by atoms with E-state index >= 15 is 0 Å². The highest BCUT2D eigenvalue weighted by molar-refractivity contribution is 6.12. The lowest BCUT2D eigenvalue weighted by Crippen LogP contribution is -2.16. The minimum atomic E-state index is -0.333. The van der Waals surface area contributed by atoms with E-state index in [-0.39, 0.29) is 16.2 Å². The number of benzene rings is 10. The second-order valence-corrected chi connectivity index (χ2v) is 22.8. The number of hydrogen-bond donors (Lipinski definition) is 0. The second-order valence-electron chi connectivity index (χ2n) is 22.8. The van der Waals surface area contributed by atoms with Crippen LogP contribution in [-0.2, 0) is 16.2 Å². The van der Waals surface area contributed by atoms with Crippen LogP contribution in [0.15, 0.2) is 231 Å². The lowest BCUT2D eigenvalue weighted by Gasteiger charge is -2.24. The van der Waals surface area contributed by atoms with Gasteiger partial charge in [-0.05, 0) is 138 Å². The standard InChI is InChI=1S/C73H56N2/c1-71(2)59-33-21-19-31-51(59)53-37-35-49(39-61(53)71)74-65-43-63-55(41-57(65)67(45-23-11-7-12-24-45)69(74)47-27-15-9-16-28-47)56-42-58-66(44-64(56)73(63,5)6)75(70(48-29-17-10-18-30-48)68(58)46-25-13-8-14-26-46)50-36-38-54-52-32-20-22-34-60(52)72(3,4)62(54)40-50/h7-44H,1-6H3. The van der Waals surface area contributed by atoms with Crippen molar-refractivity contribution in [3.63, 3.8) is 0 Å². The molecule has 0 bridgehead atoms. The molecule has 0 unspecified atom stereocenters. The van der Waals surface area contributed by atoms with E-state index in [0.29, 0.717) is 0 Å². The summed E-state index contributed by atoms with van der Waals surface area (Å²) in [6.45, 7) is 14.5. The molecule has 15 rings (SSSR count). The molecule has 3 aliphatic carbocycles. The van der Waals surface area contributed by atoms with Gasteiger partial charge in [0.05, 0.1) is 22.4 Å². The van der Waals surface area contributed by atoms with Crippen LogP contribution in [0.5, 0.6) is 0 Å². The maximum atomic E-state index is 2.59. The molecule has 2 nitrogen and oxygen atoms in total. The molecule has 2 heterocycles. The Labute approximate surface area is 439 Å². The summed E-state index contributed by atoms with van der Waals surface area (Å²) < 4.78 is 5.17. The van der Waals surface area contributed by atoms with E-state index in [2.05, 4.69) is 281 Å². The molecule has 2 heteroatoms. The van der Waals surface area contributed by atoms with Gasteiger partial charge in [0.1, 0.15) is 0 Å². The molecule has 75 heavy (non-hydrogen) atoms. The summed E-state index contributed by atoms with van der Waals surface area (Å²) in [5.41, 5.74) is 30.0. The Morgan fingerprint density at radius 1 is 0.253 bits per heavy atom. The van der Waals surface area contributed by atoms with Gasteiger partial charge in [-0.15, -0.1) is 0 Å². The van der Waals surface area contributed by atoms with Crippen LogP contribution in [-0.4, -0.2) is 9.13 Å². The molecule has 358 valence electrons. The third-order valence-corrected chi connectivity index (χ3v) is 17.7. The van der Waals surface area contributed by atoms with E-state index in [4.69, 9.17) is 0 Å². The molecule has 0 amide bonds.